The minimum Gasteiger partial charge on any atom is -0.380 e. The van der Waals surface area contributed by atoms with Gasteiger partial charge in [-0.1, -0.05) is 42.8 Å². The molecule has 2 aromatic heterocycles. The molecule has 2 aliphatic rings. The van der Waals surface area contributed by atoms with E-state index in [0.29, 0.717) is 18.1 Å². The van der Waals surface area contributed by atoms with Gasteiger partial charge in [-0.25, -0.2) is 9.97 Å². The number of fused-ring (bicyclic) bond motifs is 1. The van der Waals surface area contributed by atoms with Gasteiger partial charge in [-0.15, -0.1) is 11.3 Å². The lowest BCUT2D eigenvalue weighted by molar-refractivity contribution is -0.153. The number of piperidine rings is 1. The maximum absolute atomic E-state index is 13.3. The number of carbonyl (C=O) groups is 2. The SMILES string of the molecule is Cc1nc2ccccc2n1Cc1csc(CNC(=O)C(O)C(O)C(=O)N2CCCC2c2cccc(CN3CCCCC3)c2)n1. The van der Waals surface area contributed by atoms with Gasteiger partial charge < -0.3 is 25.0 Å². The highest BCUT2D eigenvalue weighted by atomic mass is 32.1. The van der Waals surface area contributed by atoms with Gasteiger partial charge in [-0.2, -0.15) is 0 Å². The number of hydrogen-bond acceptors (Lipinski definition) is 8. The first-order valence-corrected chi connectivity index (χ1v) is 16.4. The number of aromatic nitrogens is 3. The molecule has 4 heterocycles. The van der Waals surface area contributed by atoms with Crippen molar-refractivity contribution < 1.29 is 19.8 Å². The van der Waals surface area contributed by atoms with Crippen molar-refractivity contribution in [3.05, 3.63) is 81.6 Å². The van der Waals surface area contributed by atoms with E-state index in [1.165, 1.54) is 36.2 Å². The molecule has 0 radical (unpaired) electrons. The van der Waals surface area contributed by atoms with Crippen LogP contribution >= 0.6 is 11.3 Å². The number of amides is 2. The summed E-state index contributed by atoms with van der Waals surface area (Å²) < 4.78 is 2.09. The van der Waals surface area contributed by atoms with Gasteiger partial charge in [0.05, 0.1) is 35.9 Å². The van der Waals surface area contributed by atoms with Crippen molar-refractivity contribution in [1.29, 1.82) is 0 Å². The maximum atomic E-state index is 13.3. The summed E-state index contributed by atoms with van der Waals surface area (Å²) in [6.07, 6.45) is 1.58. The Morgan fingerprint density at radius 3 is 2.64 bits per heavy atom. The van der Waals surface area contributed by atoms with Crippen LogP contribution in [-0.4, -0.2) is 78.2 Å². The van der Waals surface area contributed by atoms with Crippen molar-refractivity contribution in [3.63, 3.8) is 0 Å². The fourth-order valence-corrected chi connectivity index (χ4v) is 7.15. The van der Waals surface area contributed by atoms with Crippen LogP contribution in [0.2, 0.25) is 0 Å². The molecule has 0 spiro atoms. The smallest absolute Gasteiger partial charge is 0.255 e. The van der Waals surface area contributed by atoms with Crippen molar-refractivity contribution in [2.75, 3.05) is 19.6 Å². The molecule has 3 N–H and O–H groups in total. The van der Waals surface area contributed by atoms with Gasteiger partial charge in [-0.3, -0.25) is 14.5 Å². The Kier molecular flexibility index (Phi) is 9.36. The fourth-order valence-electron chi connectivity index (χ4n) is 6.43. The molecule has 0 aliphatic carbocycles. The molecule has 3 unspecified atom stereocenters. The number of carbonyl (C=O) groups excluding carboxylic acids is 2. The van der Waals surface area contributed by atoms with Crippen LogP contribution in [0.4, 0.5) is 0 Å². The standard InChI is InChI=1S/C33H40N6O4S/c1-22-35-26-11-3-4-12-28(26)39(22)20-25-21-44-29(36-25)18-34-32(42)30(40)31(41)33(43)38-16-8-13-27(38)24-10-7-9-23(17-24)19-37-14-5-2-6-15-37/h3-4,7,9-12,17,21,27,30-31,40-41H,2,5-6,8,13-16,18-20H2,1H3,(H,34,42). The van der Waals surface area contributed by atoms with Crippen LogP contribution in [0.15, 0.2) is 53.9 Å². The van der Waals surface area contributed by atoms with E-state index in [1.807, 2.05) is 48.7 Å². The van der Waals surface area contributed by atoms with Crippen LogP contribution in [0.25, 0.3) is 11.0 Å². The normalized spacial score (nSPS) is 18.9. The number of imidazole rings is 1. The quantitative estimate of drug-likeness (QED) is 0.249. The number of benzene rings is 2. The van der Waals surface area contributed by atoms with Crippen LogP contribution in [0.5, 0.6) is 0 Å². The molecule has 44 heavy (non-hydrogen) atoms. The summed E-state index contributed by atoms with van der Waals surface area (Å²) in [6.45, 7) is 6.16. The number of hydrogen-bond donors (Lipinski definition) is 3. The molecular weight excluding hydrogens is 576 g/mol. The van der Waals surface area contributed by atoms with Gasteiger partial charge in [0.1, 0.15) is 10.8 Å². The Bertz CT molecular complexity index is 1610. The van der Waals surface area contributed by atoms with E-state index in [9.17, 15) is 19.8 Å². The monoisotopic (exact) mass is 616 g/mol. The van der Waals surface area contributed by atoms with E-state index in [1.54, 1.807) is 4.90 Å². The van der Waals surface area contributed by atoms with E-state index in [-0.39, 0.29) is 12.6 Å². The van der Waals surface area contributed by atoms with E-state index >= 15 is 0 Å². The molecule has 4 aromatic rings. The number of thiazole rings is 1. The summed E-state index contributed by atoms with van der Waals surface area (Å²) >= 11 is 1.40. The van der Waals surface area contributed by atoms with Crippen LogP contribution in [0, 0.1) is 6.92 Å². The molecule has 2 aliphatic heterocycles. The Balaban J connectivity index is 1.04. The predicted octanol–water partition coefficient (Wildman–Crippen LogP) is 3.54. The van der Waals surface area contributed by atoms with E-state index < -0.39 is 24.0 Å². The lowest BCUT2D eigenvalue weighted by Crippen LogP contribution is -2.50. The summed E-state index contributed by atoms with van der Waals surface area (Å²) in [7, 11) is 0. The van der Waals surface area contributed by atoms with E-state index in [2.05, 4.69) is 36.9 Å². The second-order valence-corrected chi connectivity index (χ2v) is 12.8. The largest absolute Gasteiger partial charge is 0.380 e. The van der Waals surface area contributed by atoms with Gasteiger partial charge >= 0.3 is 0 Å². The topological polar surface area (TPSA) is 124 Å². The molecule has 11 heteroatoms. The van der Waals surface area contributed by atoms with Crippen molar-refractivity contribution in [1.82, 2.24) is 29.7 Å². The van der Waals surface area contributed by atoms with Gasteiger partial charge in [-0.05, 0) is 69.0 Å². The third-order valence-electron chi connectivity index (χ3n) is 8.73. The van der Waals surface area contributed by atoms with Gasteiger partial charge in [0.25, 0.3) is 11.8 Å². The minimum absolute atomic E-state index is 0.0846. The number of aliphatic hydroxyl groups excluding tert-OH is 2. The molecule has 0 saturated carbocycles. The lowest BCUT2D eigenvalue weighted by atomic mass is 10.0. The number of aryl methyl sites for hydroxylation is 1. The van der Waals surface area contributed by atoms with Gasteiger partial charge in [0.15, 0.2) is 12.2 Å². The molecule has 232 valence electrons. The van der Waals surface area contributed by atoms with Crippen molar-refractivity contribution in [3.8, 4) is 0 Å². The van der Waals surface area contributed by atoms with Gasteiger partial charge in [0, 0.05) is 18.5 Å². The third-order valence-corrected chi connectivity index (χ3v) is 9.62. The summed E-state index contributed by atoms with van der Waals surface area (Å²) in [4.78, 5) is 39.4. The van der Waals surface area contributed by atoms with E-state index in [0.717, 1.165) is 60.6 Å². The first-order valence-electron chi connectivity index (χ1n) is 15.5. The summed E-state index contributed by atoms with van der Waals surface area (Å²) in [5.74, 6) is -0.546. The zero-order valence-electron chi connectivity index (χ0n) is 25.1. The number of likely N-dealkylation sites (tertiary alicyclic amines) is 2. The summed E-state index contributed by atoms with van der Waals surface area (Å²) in [6, 6.07) is 16.1. The Labute approximate surface area is 261 Å². The van der Waals surface area contributed by atoms with Crippen LogP contribution in [0.1, 0.15) is 65.8 Å². The third kappa shape index (κ3) is 6.71. The highest BCUT2D eigenvalue weighted by Gasteiger charge is 2.38. The second kappa shape index (κ2) is 13.6. The number of nitrogens with one attached hydrogen (secondary N) is 1. The average molecular weight is 617 g/mol. The highest BCUT2D eigenvalue weighted by Crippen LogP contribution is 2.33. The molecule has 10 nitrogen and oxygen atoms in total. The molecule has 2 saturated heterocycles. The number of aliphatic hydroxyl groups is 2. The molecule has 6 rings (SSSR count). The van der Waals surface area contributed by atoms with Crippen LogP contribution in [0.3, 0.4) is 0 Å². The predicted molar refractivity (Wildman–Crippen MR) is 169 cm³/mol. The molecule has 2 aromatic carbocycles. The number of para-hydroxylation sites is 2. The first kappa shape index (κ1) is 30.4. The first-order chi connectivity index (χ1) is 21.4. The van der Waals surface area contributed by atoms with Gasteiger partial charge in [0.2, 0.25) is 0 Å². The zero-order chi connectivity index (χ0) is 30.6. The molecule has 2 amide bonds. The second-order valence-electron chi connectivity index (χ2n) is 11.8. The average Bonchev–Trinajstić information content (AvgIpc) is 3.79. The fraction of sp³-hybridized carbons (Fsp3) is 0.455. The minimum atomic E-state index is -1.88. The van der Waals surface area contributed by atoms with Crippen molar-refractivity contribution >= 4 is 34.2 Å². The maximum Gasteiger partial charge on any atom is 0.255 e. The zero-order valence-corrected chi connectivity index (χ0v) is 25.9. The van der Waals surface area contributed by atoms with Crippen molar-refractivity contribution in [2.45, 2.75) is 76.9 Å². The number of nitrogens with zero attached hydrogens (tertiary/aromatic N) is 5. The highest BCUT2D eigenvalue weighted by molar-refractivity contribution is 7.09. The van der Waals surface area contributed by atoms with Crippen LogP contribution < -0.4 is 5.32 Å². The summed E-state index contributed by atoms with van der Waals surface area (Å²) in [5, 5.41) is 26.6. The molecule has 2 fully saturated rings. The van der Waals surface area contributed by atoms with Crippen molar-refractivity contribution in [2.24, 2.45) is 0 Å². The Hall–Kier alpha value is -3.64. The molecule has 3 atom stereocenters. The molecular formula is C33H40N6O4S. The lowest BCUT2D eigenvalue weighted by Gasteiger charge is -2.29. The van der Waals surface area contributed by atoms with Crippen LogP contribution in [-0.2, 0) is 29.2 Å². The Morgan fingerprint density at radius 1 is 0.977 bits per heavy atom. The summed E-state index contributed by atoms with van der Waals surface area (Å²) in [5.41, 5.74) is 5.02. The number of rotatable bonds is 10. The van der Waals surface area contributed by atoms with E-state index in [4.69, 9.17) is 0 Å². The Morgan fingerprint density at radius 2 is 1.80 bits per heavy atom. The molecule has 0 bridgehead atoms.